The molecule has 0 saturated carbocycles. The molecule has 0 fully saturated rings. The molecule has 0 aliphatic heterocycles. The third-order valence-corrected chi connectivity index (χ3v) is 4.82. The lowest BCUT2D eigenvalue weighted by atomic mass is 10.2. The molecule has 2 rings (SSSR count). The molecular weight excluding hydrogens is 385 g/mol. The standard InChI is InChI=1S/C17H15ClFNO5S/c1-10(16(21)20-14-8-7-11(19)9-13(14)18)25-17(22)12-5-3-4-6-15(12)26(2,23)24/h3-10H,1-2H3,(H,20,21)/t10-/m0/s1. The topological polar surface area (TPSA) is 89.5 Å². The molecule has 0 unspecified atom stereocenters. The number of halogens is 2. The minimum absolute atomic E-state index is 0.0145. The summed E-state index contributed by atoms with van der Waals surface area (Å²) in [5.74, 6) is -2.23. The second kappa shape index (κ2) is 7.84. The van der Waals surface area contributed by atoms with Crippen LogP contribution in [-0.4, -0.2) is 32.7 Å². The van der Waals surface area contributed by atoms with Crippen molar-refractivity contribution >= 4 is 39.0 Å². The van der Waals surface area contributed by atoms with Gasteiger partial charge in [0.1, 0.15) is 5.82 Å². The summed E-state index contributed by atoms with van der Waals surface area (Å²) in [5.41, 5.74) is -0.0213. The highest BCUT2D eigenvalue weighted by Crippen LogP contribution is 2.23. The van der Waals surface area contributed by atoms with Crippen molar-refractivity contribution in [2.24, 2.45) is 0 Å². The highest BCUT2D eigenvalue weighted by molar-refractivity contribution is 7.90. The van der Waals surface area contributed by atoms with Crippen molar-refractivity contribution < 1.29 is 27.1 Å². The molecule has 0 aliphatic rings. The number of rotatable bonds is 5. The van der Waals surface area contributed by atoms with Gasteiger partial charge in [-0.2, -0.15) is 0 Å². The smallest absolute Gasteiger partial charge is 0.340 e. The molecule has 138 valence electrons. The van der Waals surface area contributed by atoms with Crippen LogP contribution in [0.15, 0.2) is 47.4 Å². The lowest BCUT2D eigenvalue weighted by Gasteiger charge is -2.15. The van der Waals surface area contributed by atoms with Crippen molar-refractivity contribution in [3.8, 4) is 0 Å². The van der Waals surface area contributed by atoms with Gasteiger partial charge in [0.25, 0.3) is 5.91 Å². The average Bonchev–Trinajstić information content (AvgIpc) is 2.56. The summed E-state index contributed by atoms with van der Waals surface area (Å²) >= 11 is 5.82. The van der Waals surface area contributed by atoms with Crippen LogP contribution in [0.25, 0.3) is 0 Å². The first-order chi connectivity index (χ1) is 12.1. The number of anilines is 1. The molecule has 0 saturated heterocycles. The lowest BCUT2D eigenvalue weighted by Crippen LogP contribution is -2.30. The number of esters is 1. The first kappa shape index (κ1) is 19.9. The molecule has 0 radical (unpaired) electrons. The summed E-state index contributed by atoms with van der Waals surface area (Å²) in [7, 11) is -3.65. The minimum Gasteiger partial charge on any atom is -0.449 e. The number of ether oxygens (including phenoxy) is 1. The van der Waals surface area contributed by atoms with Crippen molar-refractivity contribution in [3.05, 3.63) is 58.9 Å². The van der Waals surface area contributed by atoms with Gasteiger partial charge in [0.15, 0.2) is 15.9 Å². The number of carbonyl (C=O) groups is 2. The van der Waals surface area contributed by atoms with Crippen molar-refractivity contribution in [2.75, 3.05) is 11.6 Å². The monoisotopic (exact) mass is 399 g/mol. The Kier molecular flexibility index (Phi) is 5.99. The maximum Gasteiger partial charge on any atom is 0.340 e. The van der Waals surface area contributed by atoms with Crippen LogP contribution in [0.1, 0.15) is 17.3 Å². The highest BCUT2D eigenvalue weighted by atomic mass is 35.5. The predicted octanol–water partition coefficient (Wildman–Crippen LogP) is 3.07. The Hall–Kier alpha value is -2.45. The number of benzene rings is 2. The number of hydrogen-bond acceptors (Lipinski definition) is 5. The van der Waals surface area contributed by atoms with Gasteiger partial charge in [0, 0.05) is 6.26 Å². The van der Waals surface area contributed by atoms with Crippen molar-refractivity contribution in [1.82, 2.24) is 0 Å². The SMILES string of the molecule is C[C@H](OC(=O)c1ccccc1S(C)(=O)=O)C(=O)Nc1ccc(F)cc1Cl. The Morgan fingerprint density at radius 3 is 2.46 bits per heavy atom. The number of hydrogen-bond donors (Lipinski definition) is 1. The van der Waals surface area contributed by atoms with Gasteiger partial charge in [-0.1, -0.05) is 23.7 Å². The van der Waals surface area contributed by atoms with Gasteiger partial charge < -0.3 is 10.1 Å². The fraction of sp³-hybridized carbons (Fsp3) is 0.176. The van der Waals surface area contributed by atoms with Crippen LogP contribution in [0.5, 0.6) is 0 Å². The van der Waals surface area contributed by atoms with Crippen LogP contribution in [0.3, 0.4) is 0 Å². The first-order valence-corrected chi connectivity index (χ1v) is 9.62. The second-order valence-corrected chi connectivity index (χ2v) is 7.82. The second-order valence-electron chi connectivity index (χ2n) is 5.43. The van der Waals surface area contributed by atoms with Gasteiger partial charge in [-0.15, -0.1) is 0 Å². The number of nitrogens with one attached hydrogen (secondary N) is 1. The van der Waals surface area contributed by atoms with E-state index in [2.05, 4.69) is 5.32 Å². The van der Waals surface area contributed by atoms with Crippen molar-refractivity contribution in [2.45, 2.75) is 17.9 Å². The van der Waals surface area contributed by atoms with Crippen LogP contribution >= 0.6 is 11.6 Å². The Balaban J connectivity index is 2.13. The number of amides is 1. The summed E-state index contributed by atoms with van der Waals surface area (Å²) in [5, 5.41) is 2.39. The van der Waals surface area contributed by atoms with E-state index in [1.807, 2.05) is 0 Å². The summed E-state index contributed by atoms with van der Waals surface area (Å²) in [6.07, 6.45) is -0.276. The van der Waals surface area contributed by atoms with Gasteiger partial charge in [-0.3, -0.25) is 4.79 Å². The van der Waals surface area contributed by atoms with Gasteiger partial charge in [-0.05, 0) is 37.3 Å². The van der Waals surface area contributed by atoms with E-state index in [4.69, 9.17) is 16.3 Å². The van der Waals surface area contributed by atoms with E-state index < -0.39 is 33.6 Å². The van der Waals surface area contributed by atoms with E-state index in [-0.39, 0.29) is 21.2 Å². The fourth-order valence-electron chi connectivity index (χ4n) is 2.06. The molecule has 26 heavy (non-hydrogen) atoms. The third-order valence-electron chi connectivity index (χ3n) is 3.35. The molecule has 1 amide bonds. The molecule has 9 heteroatoms. The molecule has 2 aromatic rings. The van der Waals surface area contributed by atoms with E-state index >= 15 is 0 Å². The lowest BCUT2D eigenvalue weighted by molar-refractivity contribution is -0.123. The van der Waals surface area contributed by atoms with Crippen LogP contribution in [0.2, 0.25) is 5.02 Å². The molecule has 0 bridgehead atoms. The quantitative estimate of drug-likeness (QED) is 0.780. The summed E-state index contributed by atoms with van der Waals surface area (Å²) in [6, 6.07) is 8.92. The Bertz CT molecular complexity index is 961. The van der Waals surface area contributed by atoms with Gasteiger partial charge in [0.2, 0.25) is 0 Å². The predicted molar refractivity (Wildman–Crippen MR) is 94.5 cm³/mol. The van der Waals surface area contributed by atoms with Crippen LogP contribution in [0.4, 0.5) is 10.1 Å². The summed E-state index contributed by atoms with van der Waals surface area (Å²) in [6.45, 7) is 1.31. The summed E-state index contributed by atoms with van der Waals surface area (Å²) < 4.78 is 41.6. The zero-order chi connectivity index (χ0) is 19.5. The van der Waals surface area contributed by atoms with Crippen molar-refractivity contribution in [3.63, 3.8) is 0 Å². The number of sulfone groups is 1. The van der Waals surface area contributed by atoms with Crippen LogP contribution in [-0.2, 0) is 19.4 Å². The molecule has 6 nitrogen and oxygen atoms in total. The molecule has 0 spiro atoms. The summed E-state index contributed by atoms with van der Waals surface area (Å²) in [4.78, 5) is 24.2. The van der Waals surface area contributed by atoms with Crippen molar-refractivity contribution in [1.29, 1.82) is 0 Å². The fourth-order valence-corrected chi connectivity index (χ4v) is 3.15. The van der Waals surface area contributed by atoms with Crippen LogP contribution in [0, 0.1) is 5.82 Å². The Labute approximate surface area is 154 Å². The highest BCUT2D eigenvalue weighted by Gasteiger charge is 2.24. The maximum atomic E-state index is 13.0. The number of carbonyl (C=O) groups excluding carboxylic acids is 2. The molecule has 1 atom stereocenters. The average molecular weight is 400 g/mol. The maximum absolute atomic E-state index is 13.0. The van der Waals surface area contributed by atoms with Gasteiger partial charge in [0.05, 0.1) is 21.2 Å². The van der Waals surface area contributed by atoms with E-state index in [1.54, 1.807) is 0 Å². The van der Waals surface area contributed by atoms with Gasteiger partial charge in [-0.25, -0.2) is 17.6 Å². The zero-order valence-corrected chi connectivity index (χ0v) is 15.4. The molecule has 0 aromatic heterocycles. The van der Waals surface area contributed by atoms with E-state index in [0.717, 1.165) is 18.4 Å². The minimum atomic E-state index is -3.65. The molecule has 1 N–H and O–H groups in total. The normalized spacial score (nSPS) is 12.3. The van der Waals surface area contributed by atoms with E-state index in [1.165, 1.54) is 37.3 Å². The van der Waals surface area contributed by atoms with E-state index in [0.29, 0.717) is 0 Å². The largest absolute Gasteiger partial charge is 0.449 e. The zero-order valence-electron chi connectivity index (χ0n) is 13.8. The van der Waals surface area contributed by atoms with Gasteiger partial charge >= 0.3 is 5.97 Å². The molecule has 0 aliphatic carbocycles. The first-order valence-electron chi connectivity index (χ1n) is 7.35. The Morgan fingerprint density at radius 1 is 1.19 bits per heavy atom. The van der Waals surface area contributed by atoms with Crippen LogP contribution < -0.4 is 5.32 Å². The molecule has 0 heterocycles. The third kappa shape index (κ3) is 4.80. The molecule has 2 aromatic carbocycles. The molecular formula is C17H15ClFNO5S. The Morgan fingerprint density at radius 2 is 1.85 bits per heavy atom. The van der Waals surface area contributed by atoms with E-state index in [9.17, 15) is 22.4 Å².